The van der Waals surface area contributed by atoms with Gasteiger partial charge in [0.25, 0.3) is 0 Å². The molecule has 1 aromatic rings. The summed E-state index contributed by atoms with van der Waals surface area (Å²) >= 11 is 0.269. The SMILES string of the molecule is C[I-]Cc1c(N)ccc2c1CCO2. The summed E-state index contributed by atoms with van der Waals surface area (Å²) < 4.78 is 6.67. The van der Waals surface area contributed by atoms with Crippen molar-refractivity contribution in [2.45, 2.75) is 10.8 Å². The summed E-state index contributed by atoms with van der Waals surface area (Å²) in [4.78, 5) is 2.29. The summed E-state index contributed by atoms with van der Waals surface area (Å²) in [5.41, 5.74) is 9.61. The molecule has 0 saturated carbocycles. The second kappa shape index (κ2) is 3.74. The van der Waals surface area contributed by atoms with Crippen LogP contribution in [0.1, 0.15) is 11.1 Å². The molecule has 3 heteroatoms. The topological polar surface area (TPSA) is 35.2 Å². The quantitative estimate of drug-likeness (QED) is 0.405. The normalized spacial score (nSPS) is 14.2. The van der Waals surface area contributed by atoms with Gasteiger partial charge in [0.1, 0.15) is 0 Å². The predicted octanol–water partition coefficient (Wildman–Crippen LogP) is -1.58. The van der Waals surface area contributed by atoms with Crippen LogP contribution in [0.4, 0.5) is 5.69 Å². The summed E-state index contributed by atoms with van der Waals surface area (Å²) in [7, 11) is 0. The Morgan fingerprint density at radius 3 is 3.15 bits per heavy atom. The zero-order valence-electron chi connectivity index (χ0n) is 7.64. The number of ether oxygens (including phenoxy) is 1. The first-order valence-corrected chi connectivity index (χ1v) is 7.98. The van der Waals surface area contributed by atoms with Gasteiger partial charge in [0, 0.05) is 0 Å². The second-order valence-electron chi connectivity index (χ2n) is 3.11. The maximum absolute atomic E-state index is 5.94. The molecule has 0 spiro atoms. The van der Waals surface area contributed by atoms with Gasteiger partial charge in [-0.05, 0) is 0 Å². The number of benzene rings is 1. The molecular formula is C10H13INO-. The van der Waals surface area contributed by atoms with Gasteiger partial charge in [-0.25, -0.2) is 0 Å². The number of nitrogen functional groups attached to an aromatic ring is 1. The summed E-state index contributed by atoms with van der Waals surface area (Å²) in [5.74, 6) is 1.06. The van der Waals surface area contributed by atoms with E-state index in [1.54, 1.807) is 0 Å². The Bertz CT molecular complexity index is 325. The molecule has 1 aromatic carbocycles. The Kier molecular flexibility index (Phi) is 2.62. The van der Waals surface area contributed by atoms with Gasteiger partial charge >= 0.3 is 88.8 Å². The van der Waals surface area contributed by atoms with Gasteiger partial charge in [0.05, 0.1) is 0 Å². The molecule has 13 heavy (non-hydrogen) atoms. The second-order valence-corrected chi connectivity index (χ2v) is 5.40. The zero-order chi connectivity index (χ0) is 9.26. The Balaban J connectivity index is 2.45. The molecule has 0 radical (unpaired) electrons. The maximum atomic E-state index is 5.94. The van der Waals surface area contributed by atoms with Crippen molar-refractivity contribution >= 4 is 5.69 Å². The number of alkyl halides is 2. The Hall–Kier alpha value is -0.450. The van der Waals surface area contributed by atoms with Gasteiger partial charge < -0.3 is 0 Å². The van der Waals surface area contributed by atoms with E-state index in [0.717, 1.165) is 24.5 Å². The average molecular weight is 290 g/mol. The van der Waals surface area contributed by atoms with E-state index in [-0.39, 0.29) is 21.2 Å². The first-order chi connectivity index (χ1) is 6.33. The van der Waals surface area contributed by atoms with Crippen molar-refractivity contribution in [2.75, 3.05) is 17.3 Å². The van der Waals surface area contributed by atoms with E-state index in [4.69, 9.17) is 10.5 Å². The van der Waals surface area contributed by atoms with Crippen LogP contribution in [-0.4, -0.2) is 11.5 Å². The molecule has 2 nitrogen and oxygen atoms in total. The summed E-state index contributed by atoms with van der Waals surface area (Å²) in [5, 5.41) is 0. The van der Waals surface area contributed by atoms with Crippen molar-refractivity contribution in [2.24, 2.45) is 0 Å². The molecule has 2 rings (SSSR count). The fourth-order valence-electron chi connectivity index (χ4n) is 1.65. The molecule has 0 aliphatic carbocycles. The van der Waals surface area contributed by atoms with Gasteiger partial charge in [0.15, 0.2) is 0 Å². The molecule has 0 amide bonds. The van der Waals surface area contributed by atoms with Crippen LogP contribution in [-0.2, 0) is 10.8 Å². The number of halogens is 1. The zero-order valence-corrected chi connectivity index (χ0v) is 9.80. The summed E-state index contributed by atoms with van der Waals surface area (Å²) in [6.07, 6.45) is 1.04. The molecule has 0 saturated heterocycles. The Morgan fingerprint density at radius 1 is 1.54 bits per heavy atom. The molecule has 72 valence electrons. The fourth-order valence-corrected chi connectivity index (χ4v) is 3.32. The van der Waals surface area contributed by atoms with E-state index in [1.165, 1.54) is 15.6 Å². The van der Waals surface area contributed by atoms with Gasteiger partial charge in [-0.3, -0.25) is 0 Å². The Labute approximate surface area is 88.7 Å². The number of nitrogens with two attached hydrogens (primary N) is 1. The summed E-state index contributed by atoms with van der Waals surface area (Å²) in [6.45, 7) is 0.827. The predicted molar refractivity (Wildman–Crippen MR) is 49.7 cm³/mol. The molecule has 0 bridgehead atoms. The van der Waals surface area contributed by atoms with E-state index in [0.29, 0.717) is 0 Å². The van der Waals surface area contributed by atoms with Crippen molar-refractivity contribution in [3.63, 3.8) is 0 Å². The third kappa shape index (κ3) is 1.61. The monoisotopic (exact) mass is 290 g/mol. The molecule has 0 unspecified atom stereocenters. The third-order valence-corrected chi connectivity index (χ3v) is 3.83. The third-order valence-electron chi connectivity index (χ3n) is 2.30. The summed E-state index contributed by atoms with van der Waals surface area (Å²) in [6, 6.07) is 3.97. The molecule has 0 fully saturated rings. The van der Waals surface area contributed by atoms with Crippen LogP contribution >= 0.6 is 0 Å². The van der Waals surface area contributed by atoms with Crippen molar-refractivity contribution in [3.05, 3.63) is 23.3 Å². The molecule has 1 aliphatic heterocycles. The van der Waals surface area contributed by atoms with Crippen molar-refractivity contribution in [1.82, 2.24) is 0 Å². The Morgan fingerprint density at radius 2 is 2.38 bits per heavy atom. The standard InChI is InChI=1S/C10H13INO/c1-11-6-8-7-4-5-13-10(7)3-2-9(8)12/h2-3H,4-6,12H2,1H3/q-1. The van der Waals surface area contributed by atoms with Crippen LogP contribution in [0.2, 0.25) is 0 Å². The number of hydrogen-bond donors (Lipinski definition) is 1. The van der Waals surface area contributed by atoms with Crippen LogP contribution < -0.4 is 31.7 Å². The molecule has 2 N–H and O–H groups in total. The number of fused-ring (bicyclic) bond motifs is 1. The minimum absolute atomic E-state index is 0.269. The van der Waals surface area contributed by atoms with Crippen LogP contribution in [0.25, 0.3) is 0 Å². The van der Waals surface area contributed by atoms with E-state index in [1.807, 2.05) is 12.1 Å². The van der Waals surface area contributed by atoms with Crippen LogP contribution in [0.3, 0.4) is 0 Å². The van der Waals surface area contributed by atoms with E-state index >= 15 is 0 Å². The van der Waals surface area contributed by atoms with Crippen molar-refractivity contribution in [1.29, 1.82) is 0 Å². The first-order valence-electron chi connectivity index (χ1n) is 4.29. The van der Waals surface area contributed by atoms with Gasteiger partial charge in [0.2, 0.25) is 0 Å². The van der Waals surface area contributed by atoms with Crippen LogP contribution in [0, 0.1) is 0 Å². The molecular weight excluding hydrogens is 277 g/mol. The molecule has 0 aromatic heterocycles. The number of rotatable bonds is 2. The van der Waals surface area contributed by atoms with Crippen LogP contribution in [0.5, 0.6) is 5.75 Å². The van der Waals surface area contributed by atoms with Crippen molar-refractivity contribution < 1.29 is 25.9 Å². The minimum atomic E-state index is 0.269. The average Bonchev–Trinajstić information content (AvgIpc) is 2.58. The number of hydrogen-bond acceptors (Lipinski definition) is 2. The number of anilines is 1. The molecule has 1 aliphatic rings. The van der Waals surface area contributed by atoms with E-state index in [9.17, 15) is 0 Å². The van der Waals surface area contributed by atoms with Crippen molar-refractivity contribution in [3.8, 4) is 5.75 Å². The van der Waals surface area contributed by atoms with Gasteiger partial charge in [-0.1, -0.05) is 0 Å². The molecule has 1 heterocycles. The fraction of sp³-hybridized carbons (Fsp3) is 0.400. The van der Waals surface area contributed by atoms with Gasteiger partial charge in [-0.15, -0.1) is 0 Å². The first kappa shape index (κ1) is 9.12. The molecule has 0 atom stereocenters. The van der Waals surface area contributed by atoms with E-state index < -0.39 is 0 Å². The van der Waals surface area contributed by atoms with E-state index in [2.05, 4.69) is 4.93 Å². The van der Waals surface area contributed by atoms with Crippen LogP contribution in [0.15, 0.2) is 12.1 Å². The van der Waals surface area contributed by atoms with Gasteiger partial charge in [-0.2, -0.15) is 0 Å².